The van der Waals surface area contributed by atoms with Gasteiger partial charge in [-0.2, -0.15) is 0 Å². The minimum atomic E-state index is -0.385. The van der Waals surface area contributed by atoms with Crippen molar-refractivity contribution < 1.29 is 14.3 Å². The number of nitrogens with one attached hydrogen (secondary N) is 3. The summed E-state index contributed by atoms with van der Waals surface area (Å²) in [6.45, 7) is 7.85. The smallest absolute Gasteiger partial charge is 0.324 e. The Morgan fingerprint density at radius 3 is 2.52 bits per heavy atom. The third kappa shape index (κ3) is 5.50. The highest BCUT2D eigenvalue weighted by atomic mass is 16.5. The molecule has 0 radical (unpaired) electrons. The van der Waals surface area contributed by atoms with Gasteiger partial charge in [0.05, 0.1) is 25.0 Å². The summed E-state index contributed by atoms with van der Waals surface area (Å²) < 4.78 is 5.48. The monoisotopic (exact) mass is 538 g/mol. The normalized spacial score (nSPS) is 16.4. The number of urea groups is 1. The fraction of sp³-hybridized carbons (Fsp3) is 0.276. The van der Waals surface area contributed by atoms with Crippen molar-refractivity contribution >= 4 is 46.3 Å². The molecule has 11 heteroatoms. The van der Waals surface area contributed by atoms with E-state index < -0.39 is 0 Å². The van der Waals surface area contributed by atoms with Crippen LogP contribution in [0.3, 0.4) is 0 Å². The number of anilines is 4. The van der Waals surface area contributed by atoms with Crippen molar-refractivity contribution in [3.63, 3.8) is 0 Å². The molecule has 0 bridgehead atoms. The Hall–Kier alpha value is -4.77. The minimum Gasteiger partial charge on any atom is -0.378 e. The molecule has 1 aromatic carbocycles. The molecule has 3 aliphatic heterocycles. The zero-order valence-electron chi connectivity index (χ0n) is 22.0. The number of carbonyl (C=O) groups is 2. The fourth-order valence-electron chi connectivity index (χ4n) is 5.02. The van der Waals surface area contributed by atoms with Crippen molar-refractivity contribution in [2.45, 2.75) is 12.5 Å². The number of benzene rings is 1. The Kier molecular flexibility index (Phi) is 7.11. The van der Waals surface area contributed by atoms with Gasteiger partial charge in [-0.15, -0.1) is 0 Å². The Morgan fingerprint density at radius 1 is 0.975 bits per heavy atom. The lowest BCUT2D eigenvalue weighted by Gasteiger charge is -2.41. The number of aromatic nitrogens is 2. The zero-order chi connectivity index (χ0) is 27.5. The lowest BCUT2D eigenvalue weighted by molar-refractivity contribution is -0.117. The number of hydrogen-bond acceptors (Lipinski definition) is 8. The Bertz CT molecular complexity index is 1460. The van der Waals surface area contributed by atoms with E-state index in [0.29, 0.717) is 37.8 Å². The molecule has 3 aliphatic rings. The van der Waals surface area contributed by atoms with Crippen LogP contribution in [0.4, 0.5) is 33.5 Å². The predicted molar refractivity (Wildman–Crippen MR) is 155 cm³/mol. The van der Waals surface area contributed by atoms with Crippen LogP contribution in [0.2, 0.25) is 0 Å². The number of pyridine rings is 2. The van der Waals surface area contributed by atoms with Crippen LogP contribution in [0.25, 0.3) is 0 Å². The van der Waals surface area contributed by atoms with E-state index in [0.717, 1.165) is 53.5 Å². The van der Waals surface area contributed by atoms with Crippen LogP contribution >= 0.6 is 0 Å². The number of fused-ring (bicyclic) bond motifs is 1. The molecule has 0 aliphatic carbocycles. The molecule has 11 nitrogen and oxygen atoms in total. The van der Waals surface area contributed by atoms with Gasteiger partial charge in [-0.05, 0) is 41.5 Å². The average molecular weight is 539 g/mol. The molecule has 0 unspecified atom stereocenters. The van der Waals surface area contributed by atoms with Crippen molar-refractivity contribution in [2.24, 2.45) is 4.99 Å². The Balaban J connectivity index is 1.05. The zero-order valence-corrected chi connectivity index (χ0v) is 22.0. The van der Waals surface area contributed by atoms with Crippen molar-refractivity contribution in [1.29, 1.82) is 0 Å². The van der Waals surface area contributed by atoms with E-state index in [4.69, 9.17) is 9.73 Å². The van der Waals surface area contributed by atoms with Gasteiger partial charge in [0.1, 0.15) is 11.5 Å². The summed E-state index contributed by atoms with van der Waals surface area (Å²) in [7, 11) is 0. The highest BCUT2D eigenvalue weighted by molar-refractivity contribution is 6.08. The molecule has 2 aromatic heterocycles. The first-order valence-corrected chi connectivity index (χ1v) is 13.3. The summed E-state index contributed by atoms with van der Waals surface area (Å²) in [4.78, 5) is 42.2. The first-order chi connectivity index (χ1) is 19.6. The number of amides is 3. The molecular weight excluding hydrogens is 508 g/mol. The predicted octanol–water partition coefficient (Wildman–Crippen LogP) is 3.12. The summed E-state index contributed by atoms with van der Waals surface area (Å²) in [6, 6.07) is 13.1. The van der Waals surface area contributed by atoms with E-state index in [9.17, 15) is 9.59 Å². The van der Waals surface area contributed by atoms with Crippen LogP contribution in [0, 0.1) is 0 Å². The quantitative estimate of drug-likeness (QED) is 0.395. The summed E-state index contributed by atoms with van der Waals surface area (Å²) >= 11 is 0. The maximum absolute atomic E-state index is 12.7. The number of nitrogens with zero attached hydrogens (tertiary/aromatic N) is 5. The second-order valence-electron chi connectivity index (χ2n) is 9.85. The van der Waals surface area contributed by atoms with Gasteiger partial charge in [-0.3, -0.25) is 10.1 Å². The van der Waals surface area contributed by atoms with Crippen LogP contribution in [0.5, 0.6) is 0 Å². The number of ether oxygens (including phenoxy) is 1. The van der Waals surface area contributed by atoms with Gasteiger partial charge in [0.15, 0.2) is 5.82 Å². The molecule has 0 spiro atoms. The van der Waals surface area contributed by atoms with Gasteiger partial charge in [0.2, 0.25) is 5.91 Å². The van der Waals surface area contributed by atoms with E-state index >= 15 is 0 Å². The molecule has 2 saturated heterocycles. The molecule has 204 valence electrons. The highest BCUT2D eigenvalue weighted by Gasteiger charge is 2.28. The van der Waals surface area contributed by atoms with Crippen LogP contribution in [0.1, 0.15) is 11.1 Å². The summed E-state index contributed by atoms with van der Waals surface area (Å²) in [5.41, 5.74) is 5.66. The molecule has 3 aromatic rings. The molecule has 5 heterocycles. The van der Waals surface area contributed by atoms with Crippen LogP contribution < -0.4 is 25.8 Å². The van der Waals surface area contributed by atoms with Gasteiger partial charge in [0, 0.05) is 62.4 Å². The van der Waals surface area contributed by atoms with Gasteiger partial charge in [-0.1, -0.05) is 18.7 Å². The molecule has 6 rings (SSSR count). The van der Waals surface area contributed by atoms with Crippen molar-refractivity contribution in [3.05, 3.63) is 78.6 Å². The standard InChI is InChI=1S/C29H30N8O3/c1-2-26(38)32-22-17-37(18-22)23-8-10-30-25(16-23)35-29(39)33-21-5-3-19(4-6-21)24-15-20-7-9-31-28(27(20)34-24)36-11-13-40-14-12-36/h2-10,16,22H,1,11-15,17-18H2,(H,32,38)(H2,30,33,35,39). The van der Waals surface area contributed by atoms with Crippen molar-refractivity contribution in [1.82, 2.24) is 15.3 Å². The number of rotatable bonds is 7. The van der Waals surface area contributed by atoms with Crippen LogP contribution in [0.15, 0.2) is 72.5 Å². The molecule has 3 amide bonds. The SMILES string of the molecule is C=CC(=O)NC1CN(c2ccnc(NC(=O)Nc3ccc(C4=Nc5c(ccnc5N5CCOCC5)C4)cc3)c2)C1. The first-order valence-electron chi connectivity index (χ1n) is 13.3. The van der Waals surface area contributed by atoms with Gasteiger partial charge in [0.25, 0.3) is 0 Å². The van der Waals surface area contributed by atoms with Crippen LogP contribution in [-0.2, 0) is 16.0 Å². The van der Waals surface area contributed by atoms with Crippen LogP contribution in [-0.4, -0.2) is 73.1 Å². The minimum absolute atomic E-state index is 0.0780. The number of morpholine rings is 1. The maximum atomic E-state index is 12.7. The van der Waals surface area contributed by atoms with Gasteiger partial charge in [-0.25, -0.2) is 19.8 Å². The molecule has 0 saturated carbocycles. The number of aliphatic imine (C=N–C) groups is 1. The lowest BCUT2D eigenvalue weighted by Crippen LogP contribution is -2.59. The lowest BCUT2D eigenvalue weighted by atomic mass is 10.0. The molecule has 0 atom stereocenters. The third-order valence-electron chi connectivity index (χ3n) is 7.14. The van der Waals surface area contributed by atoms with Crippen molar-refractivity contribution in [3.8, 4) is 0 Å². The third-order valence-corrected chi connectivity index (χ3v) is 7.14. The van der Waals surface area contributed by atoms with E-state index in [1.54, 1.807) is 6.20 Å². The van der Waals surface area contributed by atoms with Gasteiger partial charge >= 0.3 is 6.03 Å². The number of hydrogen-bond donors (Lipinski definition) is 3. The largest absolute Gasteiger partial charge is 0.378 e. The van der Waals surface area contributed by atoms with Crippen molar-refractivity contribution in [2.75, 3.05) is 59.8 Å². The topological polar surface area (TPSA) is 124 Å². The molecule has 2 fully saturated rings. The maximum Gasteiger partial charge on any atom is 0.324 e. The van der Waals surface area contributed by atoms with Gasteiger partial charge < -0.3 is 25.2 Å². The fourth-order valence-corrected chi connectivity index (χ4v) is 5.02. The first kappa shape index (κ1) is 25.5. The highest BCUT2D eigenvalue weighted by Crippen LogP contribution is 2.36. The Morgan fingerprint density at radius 2 is 1.75 bits per heavy atom. The van der Waals surface area contributed by atoms with E-state index in [1.807, 2.05) is 48.7 Å². The molecular formula is C29H30N8O3. The summed E-state index contributed by atoms with van der Waals surface area (Å²) in [5.74, 6) is 1.17. The average Bonchev–Trinajstić information content (AvgIpc) is 3.40. The molecule has 40 heavy (non-hydrogen) atoms. The Labute approximate surface area is 232 Å². The van der Waals surface area contributed by atoms with E-state index in [2.05, 4.69) is 42.3 Å². The molecule has 3 N–H and O–H groups in total. The number of carbonyl (C=O) groups excluding carboxylic acids is 2. The van der Waals surface area contributed by atoms with E-state index in [-0.39, 0.29) is 18.0 Å². The second-order valence-corrected chi connectivity index (χ2v) is 9.85. The summed E-state index contributed by atoms with van der Waals surface area (Å²) in [6.07, 6.45) is 5.51. The second kappa shape index (κ2) is 11.1. The summed E-state index contributed by atoms with van der Waals surface area (Å²) in [5, 5.41) is 8.52. The van der Waals surface area contributed by atoms with E-state index in [1.165, 1.54) is 6.08 Å².